The molecule has 0 saturated carbocycles. The van der Waals surface area contributed by atoms with Crippen LogP contribution in [0.1, 0.15) is 11.1 Å². The molecule has 1 heterocycles. The van der Waals surface area contributed by atoms with E-state index in [2.05, 4.69) is 163 Å². The van der Waals surface area contributed by atoms with Gasteiger partial charge in [-0.3, -0.25) is 0 Å². The molecule has 0 bridgehead atoms. The molecule has 1 fully saturated rings. The van der Waals surface area contributed by atoms with Gasteiger partial charge in [-0.1, -0.05) is 115 Å². The largest absolute Gasteiger partial charge is 0.378 e. The van der Waals surface area contributed by atoms with Crippen molar-refractivity contribution in [3.8, 4) is 0 Å². The number of nitrogens with zero attached hydrogens (tertiary/aromatic N) is 2. The fraction of sp³-hybridized carbons (Fsp3) is 0.108. The third-order valence-corrected chi connectivity index (χ3v) is 11.6. The van der Waals surface area contributed by atoms with Gasteiger partial charge in [-0.05, 0) is 42.0 Å². The van der Waals surface area contributed by atoms with E-state index in [4.69, 9.17) is 9.73 Å². The van der Waals surface area contributed by atoms with Gasteiger partial charge in [0.15, 0.2) is 7.26 Å². The molecule has 0 spiro atoms. The van der Waals surface area contributed by atoms with Crippen molar-refractivity contribution in [2.45, 2.75) is 0 Å². The molecule has 0 N–H and O–H groups in total. The standard InChI is InChI=1S/C37H34N2OP/c1-6-16-31(17-7-1)30-36(38-37(32-18-8-2-9-19-32)39-26-28-40-29-27-39)41(33-20-10-3-11-21-33,34-22-12-4-13-23-34)35-24-14-5-15-25-35/h1-25,30H,26-29H2/q+1. The Morgan fingerprint density at radius 2 is 0.976 bits per heavy atom. The summed E-state index contributed by atoms with van der Waals surface area (Å²) >= 11 is 0. The summed E-state index contributed by atoms with van der Waals surface area (Å²) in [5, 5.41) is 3.83. The van der Waals surface area contributed by atoms with Gasteiger partial charge in [-0.25, -0.2) is 0 Å². The summed E-state index contributed by atoms with van der Waals surface area (Å²) in [4.78, 5) is 8.15. The van der Waals surface area contributed by atoms with Gasteiger partial charge in [0.1, 0.15) is 21.7 Å². The number of morpholine rings is 1. The minimum Gasteiger partial charge on any atom is -0.378 e. The monoisotopic (exact) mass is 553 g/mol. The van der Waals surface area contributed by atoms with Crippen molar-refractivity contribution in [2.24, 2.45) is 4.99 Å². The maximum Gasteiger partial charge on any atom is 0.200 e. The number of amidine groups is 1. The summed E-state index contributed by atoms with van der Waals surface area (Å²) in [6.45, 7) is 3.00. The highest BCUT2D eigenvalue weighted by molar-refractivity contribution is 7.99. The van der Waals surface area contributed by atoms with Crippen LogP contribution in [0.3, 0.4) is 0 Å². The van der Waals surface area contributed by atoms with Crippen LogP contribution < -0.4 is 15.9 Å². The van der Waals surface area contributed by atoms with E-state index in [-0.39, 0.29) is 0 Å². The first-order valence-corrected chi connectivity index (χ1v) is 15.9. The lowest BCUT2D eigenvalue weighted by Gasteiger charge is -2.32. The Bertz CT molecular complexity index is 1490. The first-order valence-electron chi connectivity index (χ1n) is 14.2. The number of hydrogen-bond acceptors (Lipinski definition) is 2. The van der Waals surface area contributed by atoms with Crippen molar-refractivity contribution in [3.05, 3.63) is 168 Å². The van der Waals surface area contributed by atoms with Gasteiger partial charge in [0, 0.05) is 24.7 Å². The topological polar surface area (TPSA) is 24.8 Å². The van der Waals surface area contributed by atoms with E-state index in [0.717, 1.165) is 35.5 Å². The quantitative estimate of drug-likeness (QED) is 0.126. The predicted molar refractivity (Wildman–Crippen MR) is 175 cm³/mol. The number of ether oxygens (including phenoxy) is 1. The molecule has 1 aliphatic rings. The van der Waals surface area contributed by atoms with Gasteiger partial charge < -0.3 is 9.64 Å². The number of hydrogen-bond donors (Lipinski definition) is 0. The van der Waals surface area contributed by atoms with Crippen LogP contribution in [0.15, 0.2) is 162 Å². The summed E-state index contributed by atoms with van der Waals surface area (Å²) in [6.07, 6.45) is 2.31. The van der Waals surface area contributed by atoms with E-state index in [1.54, 1.807) is 0 Å². The predicted octanol–water partition coefficient (Wildman–Crippen LogP) is 6.76. The average molecular weight is 554 g/mol. The van der Waals surface area contributed by atoms with Crippen molar-refractivity contribution < 1.29 is 4.74 Å². The van der Waals surface area contributed by atoms with E-state index in [1.807, 2.05) is 0 Å². The molecule has 41 heavy (non-hydrogen) atoms. The third kappa shape index (κ3) is 5.79. The lowest BCUT2D eigenvalue weighted by atomic mass is 10.2. The molecule has 202 valence electrons. The number of benzene rings is 5. The zero-order valence-electron chi connectivity index (χ0n) is 23.1. The van der Waals surface area contributed by atoms with E-state index in [9.17, 15) is 0 Å². The normalized spacial score (nSPS) is 14.6. The first-order chi connectivity index (χ1) is 20.4. The molecule has 5 aromatic rings. The zero-order chi connectivity index (χ0) is 27.7. The minimum atomic E-state index is -2.44. The Morgan fingerprint density at radius 1 is 0.561 bits per heavy atom. The van der Waals surface area contributed by atoms with Gasteiger partial charge >= 0.3 is 0 Å². The summed E-state index contributed by atoms with van der Waals surface area (Å²) in [5.41, 5.74) is 3.31. The molecule has 1 saturated heterocycles. The summed E-state index contributed by atoms with van der Waals surface area (Å²) in [6, 6.07) is 54.1. The Hall–Kier alpha value is -4.30. The lowest BCUT2D eigenvalue weighted by Crippen LogP contribution is -2.41. The van der Waals surface area contributed by atoms with Crippen molar-refractivity contribution in [2.75, 3.05) is 26.3 Å². The fourth-order valence-corrected chi connectivity index (χ4v) is 9.62. The Labute approximate surface area is 243 Å². The SMILES string of the molecule is C(=C(N=C(c1ccccc1)N1CCOCC1)[P+](c1ccccc1)(c1ccccc1)c1ccccc1)c1ccccc1. The van der Waals surface area contributed by atoms with Gasteiger partial charge in [0.05, 0.1) is 13.2 Å². The average Bonchev–Trinajstić information content (AvgIpc) is 3.06. The van der Waals surface area contributed by atoms with Crippen LogP contribution in [0.4, 0.5) is 0 Å². The van der Waals surface area contributed by atoms with Crippen LogP contribution in [0, 0.1) is 0 Å². The van der Waals surface area contributed by atoms with Crippen molar-refractivity contribution in [1.82, 2.24) is 4.90 Å². The smallest absolute Gasteiger partial charge is 0.200 e. The highest BCUT2D eigenvalue weighted by Gasteiger charge is 2.50. The third-order valence-electron chi connectivity index (χ3n) is 7.43. The van der Waals surface area contributed by atoms with Crippen LogP contribution in [0.5, 0.6) is 0 Å². The molecule has 0 unspecified atom stereocenters. The van der Waals surface area contributed by atoms with Crippen LogP contribution in [0.25, 0.3) is 6.08 Å². The van der Waals surface area contributed by atoms with Gasteiger partial charge in [0.2, 0.25) is 5.44 Å². The molecule has 1 aliphatic heterocycles. The van der Waals surface area contributed by atoms with Gasteiger partial charge in [0.25, 0.3) is 0 Å². The van der Waals surface area contributed by atoms with Crippen LogP contribution in [-0.2, 0) is 4.74 Å². The second kappa shape index (κ2) is 12.9. The van der Waals surface area contributed by atoms with Gasteiger partial charge in [-0.2, -0.15) is 4.99 Å². The maximum atomic E-state index is 5.76. The molecule has 5 aromatic carbocycles. The molecule has 0 atom stereocenters. The first kappa shape index (κ1) is 26.9. The van der Waals surface area contributed by atoms with E-state index in [1.165, 1.54) is 15.9 Å². The lowest BCUT2D eigenvalue weighted by molar-refractivity contribution is 0.0683. The van der Waals surface area contributed by atoms with Crippen LogP contribution in [-0.4, -0.2) is 37.0 Å². The second-order valence-corrected chi connectivity index (χ2v) is 13.3. The maximum absolute atomic E-state index is 5.76. The van der Waals surface area contributed by atoms with E-state index in [0.29, 0.717) is 13.2 Å². The summed E-state index contributed by atoms with van der Waals surface area (Å²) in [5.74, 6) is 0.989. The number of rotatable bonds is 7. The highest BCUT2D eigenvalue weighted by atomic mass is 31.2. The van der Waals surface area contributed by atoms with E-state index < -0.39 is 7.26 Å². The van der Waals surface area contributed by atoms with E-state index >= 15 is 0 Å². The number of aliphatic imine (C=N–C) groups is 1. The molecule has 0 aromatic heterocycles. The minimum absolute atomic E-state index is 0.694. The van der Waals surface area contributed by atoms with Crippen molar-refractivity contribution in [1.29, 1.82) is 0 Å². The molecule has 3 nitrogen and oxygen atoms in total. The Kier molecular flexibility index (Phi) is 8.47. The Balaban J connectivity index is 1.72. The zero-order valence-corrected chi connectivity index (χ0v) is 24.0. The molecule has 6 rings (SSSR count). The van der Waals surface area contributed by atoms with Crippen molar-refractivity contribution >= 4 is 35.1 Å². The van der Waals surface area contributed by atoms with Crippen molar-refractivity contribution in [3.63, 3.8) is 0 Å². The molecular weight excluding hydrogens is 519 g/mol. The summed E-state index contributed by atoms with van der Waals surface area (Å²) in [7, 11) is -2.44. The second-order valence-electron chi connectivity index (χ2n) is 9.99. The molecule has 0 amide bonds. The molecule has 4 heteroatoms. The van der Waals surface area contributed by atoms with Crippen LogP contribution >= 0.6 is 7.26 Å². The van der Waals surface area contributed by atoms with Crippen LogP contribution in [0.2, 0.25) is 0 Å². The van der Waals surface area contributed by atoms with Gasteiger partial charge in [-0.15, -0.1) is 0 Å². The molecular formula is C37H34N2OP+. The molecule has 0 radical (unpaired) electrons. The Morgan fingerprint density at radius 3 is 1.44 bits per heavy atom. The molecule has 0 aliphatic carbocycles. The highest BCUT2D eigenvalue weighted by Crippen LogP contribution is 2.63. The summed E-state index contributed by atoms with van der Waals surface area (Å²) < 4.78 is 5.76. The fourth-order valence-electron chi connectivity index (χ4n) is 5.49.